The highest BCUT2D eigenvalue weighted by molar-refractivity contribution is 6.39. The lowest BCUT2D eigenvalue weighted by atomic mass is 10.1. The second-order valence-corrected chi connectivity index (χ2v) is 8.31. The number of imide groups is 2. The van der Waals surface area contributed by atoms with E-state index in [0.29, 0.717) is 41.7 Å². The van der Waals surface area contributed by atoms with Crippen LogP contribution in [0.2, 0.25) is 0 Å². The number of anilines is 1. The van der Waals surface area contributed by atoms with E-state index in [1.807, 2.05) is 38.1 Å². The number of carbonyl (C=O) groups is 3. The smallest absolute Gasteiger partial charge is 0.335 e. The summed E-state index contributed by atoms with van der Waals surface area (Å²) < 4.78 is 22.4. The van der Waals surface area contributed by atoms with Crippen LogP contribution in [0.5, 0.6) is 23.0 Å². The minimum atomic E-state index is -0.825. The number of urea groups is 1. The molecule has 3 aromatic carbocycles. The Hall–Kier alpha value is -4.79. The second kappa shape index (κ2) is 12.0. The molecule has 0 spiro atoms. The van der Waals surface area contributed by atoms with Crippen molar-refractivity contribution in [2.45, 2.75) is 13.8 Å². The van der Waals surface area contributed by atoms with Gasteiger partial charge in [0.25, 0.3) is 11.8 Å². The molecule has 196 valence electrons. The number of barbiturate groups is 1. The fourth-order valence-electron chi connectivity index (χ4n) is 3.74. The van der Waals surface area contributed by atoms with E-state index in [4.69, 9.17) is 18.9 Å². The van der Waals surface area contributed by atoms with Crippen molar-refractivity contribution in [3.63, 3.8) is 0 Å². The summed E-state index contributed by atoms with van der Waals surface area (Å²) in [6.07, 6.45) is 1.41. The molecule has 9 heteroatoms. The number of nitrogens with zero attached hydrogens (tertiary/aromatic N) is 1. The highest BCUT2D eigenvalue weighted by atomic mass is 16.5. The monoisotopic (exact) mass is 516 g/mol. The lowest BCUT2D eigenvalue weighted by Gasteiger charge is -2.26. The molecule has 4 rings (SSSR count). The summed E-state index contributed by atoms with van der Waals surface area (Å²) in [5.74, 6) is 0.744. The molecule has 1 saturated heterocycles. The van der Waals surface area contributed by atoms with Crippen LogP contribution in [0.1, 0.15) is 18.1 Å². The number of hydrogen-bond donors (Lipinski definition) is 1. The SMILES string of the molecule is CCOc1cc(C=C2C(=O)NC(=O)N(c3ccc(OC)cc3)C2=O)ccc1OCCOc1ccc(C)cc1. The molecule has 0 unspecified atom stereocenters. The van der Waals surface area contributed by atoms with Crippen LogP contribution in [0.3, 0.4) is 0 Å². The van der Waals surface area contributed by atoms with E-state index >= 15 is 0 Å². The summed E-state index contributed by atoms with van der Waals surface area (Å²) in [6, 6.07) is 18.3. The summed E-state index contributed by atoms with van der Waals surface area (Å²) >= 11 is 0. The van der Waals surface area contributed by atoms with Crippen LogP contribution >= 0.6 is 0 Å². The van der Waals surface area contributed by atoms with E-state index in [1.54, 1.807) is 42.5 Å². The summed E-state index contributed by atoms with van der Waals surface area (Å²) in [4.78, 5) is 39.1. The van der Waals surface area contributed by atoms with E-state index in [2.05, 4.69) is 5.32 Å². The van der Waals surface area contributed by atoms with Crippen molar-refractivity contribution in [2.24, 2.45) is 0 Å². The van der Waals surface area contributed by atoms with Gasteiger partial charge in [-0.15, -0.1) is 0 Å². The van der Waals surface area contributed by atoms with Gasteiger partial charge in [-0.05, 0) is 74.0 Å². The van der Waals surface area contributed by atoms with Crippen LogP contribution in [-0.2, 0) is 9.59 Å². The first-order valence-corrected chi connectivity index (χ1v) is 12.0. The molecular formula is C29H28N2O7. The minimum Gasteiger partial charge on any atom is -0.497 e. The standard InChI is InChI=1S/C29H28N2O7/c1-4-36-26-18-20(7-14-25(26)38-16-15-37-23-10-5-19(2)6-11-23)17-24-27(32)30-29(34)31(28(24)33)21-8-12-22(35-3)13-9-21/h5-14,17-18H,4,15-16H2,1-3H3,(H,30,32,34). The van der Waals surface area contributed by atoms with E-state index in [1.165, 1.54) is 13.2 Å². The predicted octanol–water partition coefficient (Wildman–Crippen LogP) is 4.53. The molecule has 1 aliphatic heterocycles. The number of amides is 4. The quantitative estimate of drug-likeness (QED) is 0.240. The Morgan fingerprint density at radius 2 is 1.50 bits per heavy atom. The third-order valence-electron chi connectivity index (χ3n) is 5.64. The summed E-state index contributed by atoms with van der Waals surface area (Å²) in [6.45, 7) is 4.86. The number of carbonyl (C=O) groups excluding carboxylic acids is 3. The Morgan fingerprint density at radius 3 is 2.18 bits per heavy atom. The Balaban J connectivity index is 1.49. The molecule has 0 aliphatic carbocycles. The van der Waals surface area contributed by atoms with Crippen molar-refractivity contribution in [3.05, 3.63) is 83.4 Å². The maximum Gasteiger partial charge on any atom is 0.335 e. The van der Waals surface area contributed by atoms with Gasteiger partial charge in [-0.2, -0.15) is 0 Å². The largest absolute Gasteiger partial charge is 0.497 e. The molecular weight excluding hydrogens is 488 g/mol. The molecule has 0 aromatic heterocycles. The molecule has 1 N–H and O–H groups in total. The molecule has 0 atom stereocenters. The van der Waals surface area contributed by atoms with Gasteiger partial charge < -0.3 is 18.9 Å². The van der Waals surface area contributed by atoms with Crippen LogP contribution in [0, 0.1) is 6.92 Å². The fourth-order valence-corrected chi connectivity index (χ4v) is 3.74. The average molecular weight is 517 g/mol. The highest BCUT2D eigenvalue weighted by Gasteiger charge is 2.36. The van der Waals surface area contributed by atoms with Gasteiger partial charge >= 0.3 is 6.03 Å². The molecule has 4 amide bonds. The van der Waals surface area contributed by atoms with Crippen LogP contribution in [-0.4, -0.2) is 44.8 Å². The number of nitrogens with one attached hydrogen (secondary N) is 1. The molecule has 9 nitrogen and oxygen atoms in total. The van der Waals surface area contributed by atoms with Gasteiger partial charge in [0.2, 0.25) is 0 Å². The van der Waals surface area contributed by atoms with Gasteiger partial charge in [0.1, 0.15) is 30.3 Å². The lowest BCUT2D eigenvalue weighted by molar-refractivity contribution is -0.122. The average Bonchev–Trinajstić information content (AvgIpc) is 2.91. The summed E-state index contributed by atoms with van der Waals surface area (Å²) in [5, 5.41) is 2.22. The number of methoxy groups -OCH3 is 1. The number of ether oxygens (including phenoxy) is 4. The van der Waals surface area contributed by atoms with Crippen LogP contribution in [0.15, 0.2) is 72.3 Å². The van der Waals surface area contributed by atoms with E-state index in [9.17, 15) is 14.4 Å². The van der Waals surface area contributed by atoms with Gasteiger partial charge in [0.15, 0.2) is 11.5 Å². The molecule has 1 fully saturated rings. The third-order valence-corrected chi connectivity index (χ3v) is 5.64. The fraction of sp³-hybridized carbons (Fsp3) is 0.207. The van der Waals surface area contributed by atoms with Crippen molar-refractivity contribution in [2.75, 3.05) is 31.8 Å². The zero-order valence-electron chi connectivity index (χ0n) is 21.4. The van der Waals surface area contributed by atoms with Crippen LogP contribution < -0.4 is 29.2 Å². The maximum absolute atomic E-state index is 13.2. The van der Waals surface area contributed by atoms with Gasteiger partial charge in [-0.1, -0.05) is 23.8 Å². The van der Waals surface area contributed by atoms with Gasteiger partial charge in [0.05, 0.1) is 19.4 Å². The number of hydrogen-bond acceptors (Lipinski definition) is 7. The molecule has 0 bridgehead atoms. The van der Waals surface area contributed by atoms with Gasteiger partial charge in [-0.3, -0.25) is 14.9 Å². The minimum absolute atomic E-state index is 0.192. The number of rotatable bonds is 10. The first kappa shape index (κ1) is 26.3. The van der Waals surface area contributed by atoms with Crippen molar-refractivity contribution < 1.29 is 33.3 Å². The first-order chi connectivity index (χ1) is 18.4. The topological polar surface area (TPSA) is 103 Å². The molecule has 1 aliphatic rings. The van der Waals surface area contributed by atoms with Crippen molar-refractivity contribution in [1.29, 1.82) is 0 Å². The first-order valence-electron chi connectivity index (χ1n) is 12.0. The zero-order valence-corrected chi connectivity index (χ0v) is 21.4. The lowest BCUT2D eigenvalue weighted by Crippen LogP contribution is -2.54. The third kappa shape index (κ3) is 6.12. The highest BCUT2D eigenvalue weighted by Crippen LogP contribution is 2.30. The maximum atomic E-state index is 13.2. The van der Waals surface area contributed by atoms with Gasteiger partial charge in [-0.25, -0.2) is 9.69 Å². The molecule has 0 saturated carbocycles. The second-order valence-electron chi connectivity index (χ2n) is 8.31. The van der Waals surface area contributed by atoms with E-state index in [-0.39, 0.29) is 12.2 Å². The number of benzene rings is 3. The Kier molecular flexibility index (Phi) is 8.27. The van der Waals surface area contributed by atoms with E-state index in [0.717, 1.165) is 16.2 Å². The predicted molar refractivity (Wildman–Crippen MR) is 142 cm³/mol. The molecule has 38 heavy (non-hydrogen) atoms. The van der Waals surface area contributed by atoms with Gasteiger partial charge in [0, 0.05) is 0 Å². The Bertz CT molecular complexity index is 1350. The van der Waals surface area contributed by atoms with Crippen LogP contribution in [0.4, 0.5) is 10.5 Å². The normalized spacial score (nSPS) is 14.3. The van der Waals surface area contributed by atoms with E-state index < -0.39 is 17.8 Å². The zero-order chi connectivity index (χ0) is 27.1. The van der Waals surface area contributed by atoms with Crippen LogP contribution in [0.25, 0.3) is 6.08 Å². The Labute approximate surface area is 220 Å². The summed E-state index contributed by atoms with van der Waals surface area (Å²) in [5.41, 5.74) is 1.79. The van der Waals surface area contributed by atoms with Crippen molar-refractivity contribution >= 4 is 29.6 Å². The molecule has 3 aromatic rings. The molecule has 1 heterocycles. The summed E-state index contributed by atoms with van der Waals surface area (Å²) in [7, 11) is 1.51. The number of aryl methyl sites for hydroxylation is 1. The Morgan fingerprint density at radius 1 is 0.816 bits per heavy atom. The van der Waals surface area contributed by atoms with Crippen molar-refractivity contribution in [1.82, 2.24) is 5.32 Å². The molecule has 0 radical (unpaired) electrons. The van der Waals surface area contributed by atoms with Crippen molar-refractivity contribution in [3.8, 4) is 23.0 Å².